The van der Waals surface area contributed by atoms with Crippen LogP contribution in [-0.4, -0.2) is 17.5 Å². The van der Waals surface area contributed by atoms with Gasteiger partial charge >= 0.3 is 6.61 Å². The number of nitrogens with two attached hydrogens (primary N) is 1. The van der Waals surface area contributed by atoms with Gasteiger partial charge in [-0.1, -0.05) is 12.1 Å². The van der Waals surface area contributed by atoms with Crippen molar-refractivity contribution in [2.75, 3.05) is 10.7 Å². The van der Waals surface area contributed by atoms with Crippen molar-refractivity contribution >= 4 is 17.3 Å². The molecule has 0 unspecified atom stereocenters. The molecule has 1 aromatic carbocycles. The summed E-state index contributed by atoms with van der Waals surface area (Å²) in [5.74, 6) is 4.61. The van der Waals surface area contributed by atoms with Crippen molar-refractivity contribution in [2.45, 2.75) is 6.61 Å². The number of amides is 1. The van der Waals surface area contributed by atoms with Crippen molar-refractivity contribution in [2.24, 2.45) is 5.84 Å². The van der Waals surface area contributed by atoms with Crippen LogP contribution in [0.3, 0.4) is 0 Å². The summed E-state index contributed by atoms with van der Waals surface area (Å²) in [7, 11) is 0. The minimum atomic E-state index is -2.98. The third-order valence-electron chi connectivity index (χ3n) is 2.57. The second-order valence-electron chi connectivity index (χ2n) is 3.89. The maximum absolute atomic E-state index is 12.3. The van der Waals surface area contributed by atoms with Gasteiger partial charge in [0.05, 0.1) is 16.9 Å². The number of aromatic nitrogens is 1. The number of carbonyl (C=O) groups excluding carboxylic acids is 1. The summed E-state index contributed by atoms with van der Waals surface area (Å²) in [6.07, 6.45) is 2.76. The average Bonchev–Trinajstić information content (AvgIpc) is 2.48. The number of hydrogen-bond acceptors (Lipinski definition) is 5. The molecule has 0 saturated carbocycles. The molecule has 1 amide bonds. The van der Waals surface area contributed by atoms with E-state index >= 15 is 0 Å². The highest BCUT2D eigenvalue weighted by atomic mass is 19.3. The van der Waals surface area contributed by atoms with Gasteiger partial charge in [-0.3, -0.25) is 15.6 Å². The Bertz CT molecular complexity index is 637. The number of benzene rings is 1. The first-order valence-corrected chi connectivity index (χ1v) is 5.87. The monoisotopic (exact) mass is 294 g/mol. The quantitative estimate of drug-likeness (QED) is 0.581. The molecule has 0 saturated heterocycles. The largest absolute Gasteiger partial charge is 0.433 e. The van der Waals surface area contributed by atoms with Gasteiger partial charge in [0, 0.05) is 12.4 Å². The molecule has 8 heteroatoms. The number of nitrogens with zero attached hydrogens (tertiary/aromatic N) is 1. The topological polar surface area (TPSA) is 89.3 Å². The van der Waals surface area contributed by atoms with Crippen molar-refractivity contribution in [3.05, 3.63) is 48.3 Å². The maximum Gasteiger partial charge on any atom is 0.387 e. The Kier molecular flexibility index (Phi) is 4.62. The second-order valence-corrected chi connectivity index (χ2v) is 3.89. The van der Waals surface area contributed by atoms with Crippen molar-refractivity contribution in [1.82, 2.24) is 4.98 Å². The minimum Gasteiger partial charge on any atom is -0.433 e. The van der Waals surface area contributed by atoms with E-state index < -0.39 is 12.5 Å². The average molecular weight is 294 g/mol. The third-order valence-corrected chi connectivity index (χ3v) is 2.57. The molecule has 4 N–H and O–H groups in total. The first-order chi connectivity index (χ1) is 10.1. The number of alkyl halides is 2. The Labute approximate surface area is 118 Å². The number of hydrazine groups is 1. The molecule has 2 rings (SSSR count). The Morgan fingerprint density at radius 2 is 2.00 bits per heavy atom. The predicted octanol–water partition coefficient (Wildman–Crippen LogP) is 2.22. The second kappa shape index (κ2) is 6.62. The molecular formula is C13H12F2N4O2. The highest BCUT2D eigenvalue weighted by Crippen LogP contribution is 2.26. The zero-order chi connectivity index (χ0) is 15.2. The first-order valence-electron chi connectivity index (χ1n) is 5.87. The molecule has 0 aliphatic rings. The number of halogens is 2. The van der Waals surface area contributed by atoms with Crippen molar-refractivity contribution in [1.29, 1.82) is 0 Å². The van der Waals surface area contributed by atoms with Gasteiger partial charge in [0.2, 0.25) is 0 Å². The lowest BCUT2D eigenvalue weighted by atomic mass is 10.2. The fourth-order valence-electron chi connectivity index (χ4n) is 1.66. The summed E-state index contributed by atoms with van der Waals surface area (Å²) < 4.78 is 29.0. The summed E-state index contributed by atoms with van der Waals surface area (Å²) >= 11 is 0. The van der Waals surface area contributed by atoms with Gasteiger partial charge in [0.25, 0.3) is 5.91 Å². The van der Waals surface area contributed by atoms with Crippen LogP contribution in [0.1, 0.15) is 10.4 Å². The zero-order valence-corrected chi connectivity index (χ0v) is 10.7. The third kappa shape index (κ3) is 3.63. The van der Waals surface area contributed by atoms with Crippen LogP contribution in [0.25, 0.3) is 0 Å². The van der Waals surface area contributed by atoms with Crippen LogP contribution in [0.5, 0.6) is 5.75 Å². The van der Waals surface area contributed by atoms with Crippen molar-refractivity contribution < 1.29 is 18.3 Å². The van der Waals surface area contributed by atoms with Crippen LogP contribution in [0, 0.1) is 0 Å². The Morgan fingerprint density at radius 1 is 1.24 bits per heavy atom. The van der Waals surface area contributed by atoms with E-state index in [9.17, 15) is 13.6 Å². The number of ether oxygens (including phenoxy) is 1. The number of para-hydroxylation sites is 2. The normalized spacial score (nSPS) is 10.3. The van der Waals surface area contributed by atoms with Crippen LogP contribution in [0.4, 0.5) is 20.2 Å². The van der Waals surface area contributed by atoms with E-state index in [-0.39, 0.29) is 17.0 Å². The van der Waals surface area contributed by atoms with Crippen LogP contribution in [0.2, 0.25) is 0 Å². The molecule has 0 aliphatic carbocycles. The first kappa shape index (κ1) is 14.7. The molecule has 1 aromatic heterocycles. The molecule has 21 heavy (non-hydrogen) atoms. The number of anilines is 2. The van der Waals surface area contributed by atoms with Gasteiger partial charge in [0.15, 0.2) is 0 Å². The van der Waals surface area contributed by atoms with Gasteiger partial charge in [-0.2, -0.15) is 8.78 Å². The van der Waals surface area contributed by atoms with E-state index in [0.717, 1.165) is 0 Å². The van der Waals surface area contributed by atoms with Crippen LogP contribution >= 0.6 is 0 Å². The fourth-order valence-corrected chi connectivity index (χ4v) is 1.66. The van der Waals surface area contributed by atoms with Crippen LogP contribution < -0.4 is 21.3 Å². The van der Waals surface area contributed by atoms with E-state index in [1.165, 1.54) is 36.7 Å². The molecular weight excluding hydrogens is 282 g/mol. The van der Waals surface area contributed by atoms with Gasteiger partial charge in [-0.25, -0.2) is 0 Å². The lowest BCUT2D eigenvalue weighted by molar-refractivity contribution is -0.0493. The van der Waals surface area contributed by atoms with Gasteiger partial charge < -0.3 is 15.5 Å². The zero-order valence-electron chi connectivity index (χ0n) is 10.7. The molecule has 0 atom stereocenters. The smallest absolute Gasteiger partial charge is 0.387 e. The molecule has 0 radical (unpaired) electrons. The van der Waals surface area contributed by atoms with Gasteiger partial charge in [0.1, 0.15) is 5.75 Å². The molecule has 0 spiro atoms. The summed E-state index contributed by atoms with van der Waals surface area (Å²) in [5.41, 5.74) is 3.01. The Balaban J connectivity index is 2.24. The molecule has 2 aromatic rings. The van der Waals surface area contributed by atoms with E-state index in [1.807, 2.05) is 0 Å². The fraction of sp³-hybridized carbons (Fsp3) is 0.0769. The molecule has 0 bridgehead atoms. The predicted molar refractivity (Wildman–Crippen MR) is 73.1 cm³/mol. The van der Waals surface area contributed by atoms with Crippen LogP contribution in [-0.2, 0) is 0 Å². The van der Waals surface area contributed by atoms with E-state index in [4.69, 9.17) is 5.84 Å². The molecule has 6 nitrogen and oxygen atoms in total. The molecule has 0 fully saturated rings. The van der Waals surface area contributed by atoms with E-state index in [0.29, 0.717) is 5.69 Å². The molecule has 1 heterocycles. The summed E-state index contributed by atoms with van der Waals surface area (Å²) in [4.78, 5) is 16.0. The summed E-state index contributed by atoms with van der Waals surface area (Å²) in [5, 5.41) is 2.47. The van der Waals surface area contributed by atoms with E-state index in [1.54, 1.807) is 6.07 Å². The minimum absolute atomic E-state index is 0.120. The number of nitrogens with one attached hydrogen (secondary N) is 2. The Hall–Kier alpha value is -2.74. The Morgan fingerprint density at radius 3 is 2.71 bits per heavy atom. The van der Waals surface area contributed by atoms with Gasteiger partial charge in [-0.15, -0.1) is 0 Å². The van der Waals surface area contributed by atoms with Crippen molar-refractivity contribution in [3.63, 3.8) is 0 Å². The SMILES string of the molecule is NNc1ccncc1C(=O)Nc1ccccc1OC(F)F. The number of hydrogen-bond donors (Lipinski definition) is 3. The number of pyridine rings is 1. The number of nitrogen functional groups attached to an aromatic ring is 1. The van der Waals surface area contributed by atoms with Gasteiger partial charge in [-0.05, 0) is 18.2 Å². The standard InChI is InChI=1S/C13H12F2N4O2/c14-13(15)21-11-4-2-1-3-10(11)18-12(20)8-7-17-6-5-9(8)19-16/h1-7,13H,16H2,(H,17,19)(H,18,20). The molecule has 0 aliphatic heterocycles. The summed E-state index contributed by atoms with van der Waals surface area (Å²) in [6.45, 7) is -2.98. The highest BCUT2D eigenvalue weighted by Gasteiger charge is 2.15. The van der Waals surface area contributed by atoms with E-state index in [2.05, 4.69) is 20.5 Å². The number of carbonyl (C=O) groups is 1. The lowest BCUT2D eigenvalue weighted by Crippen LogP contribution is -2.18. The number of rotatable bonds is 5. The van der Waals surface area contributed by atoms with Crippen molar-refractivity contribution in [3.8, 4) is 5.75 Å². The highest BCUT2D eigenvalue weighted by molar-refractivity contribution is 6.08. The lowest BCUT2D eigenvalue weighted by Gasteiger charge is -2.12. The maximum atomic E-state index is 12.3. The van der Waals surface area contributed by atoms with Crippen LogP contribution in [0.15, 0.2) is 42.7 Å². The summed E-state index contributed by atoms with van der Waals surface area (Å²) in [6, 6.07) is 7.38. The molecule has 110 valence electrons.